The summed E-state index contributed by atoms with van der Waals surface area (Å²) in [6.45, 7) is 3.04. The normalized spacial score (nSPS) is 15.0. The molecule has 0 unspecified atom stereocenters. The van der Waals surface area contributed by atoms with Crippen LogP contribution in [-0.4, -0.2) is 37.5 Å². The van der Waals surface area contributed by atoms with Crippen molar-refractivity contribution >= 4 is 0 Å². The van der Waals surface area contributed by atoms with Gasteiger partial charge in [-0.05, 0) is 30.7 Å². The van der Waals surface area contributed by atoms with E-state index in [1.54, 1.807) is 12.5 Å². The number of nitrogens with zero attached hydrogens (tertiary/aromatic N) is 5. The largest absolute Gasteiger partial charge is 0.353 e. The average molecular weight is 319 g/mol. The van der Waals surface area contributed by atoms with Crippen LogP contribution >= 0.6 is 0 Å². The summed E-state index contributed by atoms with van der Waals surface area (Å²) in [5, 5.41) is 0. The summed E-state index contributed by atoms with van der Waals surface area (Å²) >= 11 is 0. The van der Waals surface area contributed by atoms with Crippen LogP contribution in [0.5, 0.6) is 0 Å². The summed E-state index contributed by atoms with van der Waals surface area (Å²) in [5.74, 6) is 0. The van der Waals surface area contributed by atoms with Crippen LogP contribution in [0.1, 0.15) is 17.0 Å². The molecule has 0 N–H and O–H groups in total. The minimum Gasteiger partial charge on any atom is -0.353 e. The molecule has 0 saturated heterocycles. The molecule has 0 fully saturated rings. The van der Waals surface area contributed by atoms with Crippen LogP contribution in [-0.2, 0) is 26.4 Å². The predicted octanol–water partition coefficient (Wildman–Crippen LogP) is 2.48. The first-order valence-electron chi connectivity index (χ1n) is 8.37. The summed E-state index contributed by atoms with van der Waals surface area (Å²) < 4.78 is 2.19. The number of aryl methyl sites for hydroxylation is 1. The number of fused-ring (bicyclic) bond motifs is 1. The van der Waals surface area contributed by atoms with E-state index in [4.69, 9.17) is 0 Å². The quantitative estimate of drug-likeness (QED) is 0.744. The van der Waals surface area contributed by atoms with E-state index in [1.807, 2.05) is 12.3 Å². The van der Waals surface area contributed by atoms with E-state index in [9.17, 15) is 0 Å². The fourth-order valence-corrected chi connectivity index (χ4v) is 3.37. The SMILES string of the molecule is Cn1cccc1CN1CCc2ncnc(-c3cccnc3)c2CC1. The maximum Gasteiger partial charge on any atom is 0.116 e. The molecular weight excluding hydrogens is 298 g/mol. The minimum atomic E-state index is 0.968. The molecule has 5 nitrogen and oxygen atoms in total. The van der Waals surface area contributed by atoms with Gasteiger partial charge in [0.1, 0.15) is 6.33 Å². The number of hydrogen-bond acceptors (Lipinski definition) is 4. The highest BCUT2D eigenvalue weighted by molar-refractivity contribution is 5.62. The molecule has 0 amide bonds. The summed E-state index contributed by atoms with van der Waals surface area (Å²) in [6.07, 6.45) is 9.42. The minimum absolute atomic E-state index is 0.968. The first kappa shape index (κ1) is 15.0. The molecule has 0 saturated carbocycles. The van der Waals surface area contributed by atoms with E-state index in [-0.39, 0.29) is 0 Å². The Kier molecular flexibility index (Phi) is 4.09. The van der Waals surface area contributed by atoms with Crippen molar-refractivity contribution in [1.82, 2.24) is 24.4 Å². The van der Waals surface area contributed by atoms with E-state index in [2.05, 4.69) is 55.9 Å². The smallest absolute Gasteiger partial charge is 0.116 e. The molecule has 5 heteroatoms. The zero-order chi connectivity index (χ0) is 16.4. The van der Waals surface area contributed by atoms with Crippen molar-refractivity contribution in [3.63, 3.8) is 0 Å². The topological polar surface area (TPSA) is 46.8 Å². The first-order chi connectivity index (χ1) is 11.8. The highest BCUT2D eigenvalue weighted by Crippen LogP contribution is 2.25. The molecule has 1 aliphatic heterocycles. The fraction of sp³-hybridized carbons (Fsp3) is 0.316. The van der Waals surface area contributed by atoms with Crippen molar-refractivity contribution in [2.24, 2.45) is 7.05 Å². The van der Waals surface area contributed by atoms with Gasteiger partial charge < -0.3 is 4.57 Å². The Morgan fingerprint density at radius 3 is 2.79 bits per heavy atom. The molecule has 0 bridgehead atoms. The molecule has 1 aliphatic rings. The van der Waals surface area contributed by atoms with Gasteiger partial charge in [0.2, 0.25) is 0 Å². The van der Waals surface area contributed by atoms with Gasteiger partial charge in [-0.1, -0.05) is 0 Å². The van der Waals surface area contributed by atoms with Crippen LogP contribution in [0, 0.1) is 0 Å². The average Bonchev–Trinajstić information content (AvgIpc) is 2.90. The number of pyridine rings is 1. The maximum atomic E-state index is 4.55. The van der Waals surface area contributed by atoms with Crippen LogP contribution in [0.15, 0.2) is 49.2 Å². The maximum absolute atomic E-state index is 4.55. The molecular formula is C19H21N5. The van der Waals surface area contributed by atoms with Crippen LogP contribution < -0.4 is 0 Å². The van der Waals surface area contributed by atoms with Gasteiger partial charge in [-0.2, -0.15) is 0 Å². The second kappa shape index (κ2) is 6.53. The molecule has 24 heavy (non-hydrogen) atoms. The van der Waals surface area contributed by atoms with Crippen molar-refractivity contribution in [1.29, 1.82) is 0 Å². The fourth-order valence-electron chi connectivity index (χ4n) is 3.37. The first-order valence-corrected chi connectivity index (χ1v) is 8.37. The monoisotopic (exact) mass is 319 g/mol. The Balaban J connectivity index is 1.58. The van der Waals surface area contributed by atoms with Crippen molar-refractivity contribution < 1.29 is 0 Å². The van der Waals surface area contributed by atoms with E-state index < -0.39 is 0 Å². The Labute approximate surface area is 142 Å². The highest BCUT2D eigenvalue weighted by Gasteiger charge is 2.19. The summed E-state index contributed by atoms with van der Waals surface area (Å²) in [5.41, 5.74) is 5.92. The van der Waals surface area contributed by atoms with Crippen LogP contribution in [0.3, 0.4) is 0 Å². The van der Waals surface area contributed by atoms with Gasteiger partial charge in [0, 0.05) is 74.2 Å². The summed E-state index contributed by atoms with van der Waals surface area (Å²) in [7, 11) is 2.11. The second-order valence-electron chi connectivity index (χ2n) is 6.28. The lowest BCUT2D eigenvalue weighted by atomic mass is 10.0. The molecule has 4 heterocycles. The molecule has 0 spiro atoms. The molecule has 0 aromatic carbocycles. The van der Waals surface area contributed by atoms with Gasteiger partial charge in [-0.15, -0.1) is 0 Å². The van der Waals surface area contributed by atoms with Gasteiger partial charge >= 0.3 is 0 Å². The van der Waals surface area contributed by atoms with Crippen LogP contribution in [0.25, 0.3) is 11.3 Å². The lowest BCUT2D eigenvalue weighted by Gasteiger charge is -2.19. The summed E-state index contributed by atoms with van der Waals surface area (Å²) in [6, 6.07) is 8.33. The van der Waals surface area contributed by atoms with Gasteiger partial charge in [-0.25, -0.2) is 9.97 Å². The number of rotatable bonds is 3. The molecule has 122 valence electrons. The van der Waals surface area contributed by atoms with Crippen LogP contribution in [0.2, 0.25) is 0 Å². The Bertz CT molecular complexity index is 825. The molecule has 4 rings (SSSR count). The Morgan fingerprint density at radius 2 is 2.00 bits per heavy atom. The lowest BCUT2D eigenvalue weighted by molar-refractivity contribution is 0.273. The lowest BCUT2D eigenvalue weighted by Crippen LogP contribution is -2.26. The third-order valence-corrected chi connectivity index (χ3v) is 4.75. The molecule has 0 atom stereocenters. The number of hydrogen-bond donors (Lipinski definition) is 0. The molecule has 3 aromatic rings. The van der Waals surface area contributed by atoms with Crippen molar-refractivity contribution in [2.45, 2.75) is 19.4 Å². The third-order valence-electron chi connectivity index (χ3n) is 4.75. The van der Waals surface area contributed by atoms with E-state index in [1.165, 1.54) is 17.0 Å². The summed E-state index contributed by atoms with van der Waals surface area (Å²) in [4.78, 5) is 15.8. The molecule has 0 aliphatic carbocycles. The standard InChI is InChI=1S/C19H21N5/c1-23-9-3-5-16(23)13-24-10-6-17-18(7-11-24)21-14-22-19(17)15-4-2-8-20-12-15/h2-5,8-9,12,14H,6-7,10-11,13H2,1H3. The Morgan fingerprint density at radius 1 is 1.08 bits per heavy atom. The van der Waals surface area contributed by atoms with Crippen LogP contribution in [0.4, 0.5) is 0 Å². The highest BCUT2D eigenvalue weighted by atomic mass is 15.1. The zero-order valence-corrected chi connectivity index (χ0v) is 13.9. The van der Waals surface area contributed by atoms with Gasteiger partial charge in [-0.3, -0.25) is 9.88 Å². The van der Waals surface area contributed by atoms with Gasteiger partial charge in [0.25, 0.3) is 0 Å². The van der Waals surface area contributed by atoms with Gasteiger partial charge in [0.15, 0.2) is 0 Å². The second-order valence-corrected chi connectivity index (χ2v) is 6.28. The van der Waals surface area contributed by atoms with E-state index >= 15 is 0 Å². The van der Waals surface area contributed by atoms with Crippen molar-refractivity contribution in [3.05, 3.63) is 66.1 Å². The molecule has 0 radical (unpaired) electrons. The van der Waals surface area contributed by atoms with Crippen molar-refractivity contribution in [2.75, 3.05) is 13.1 Å². The Hall–Kier alpha value is -2.53. The van der Waals surface area contributed by atoms with Crippen molar-refractivity contribution in [3.8, 4) is 11.3 Å². The zero-order valence-electron chi connectivity index (χ0n) is 13.9. The third kappa shape index (κ3) is 2.95. The number of aromatic nitrogens is 4. The predicted molar refractivity (Wildman–Crippen MR) is 93.4 cm³/mol. The van der Waals surface area contributed by atoms with Gasteiger partial charge in [0.05, 0.1) is 5.69 Å². The van der Waals surface area contributed by atoms with E-state index in [0.29, 0.717) is 0 Å². The van der Waals surface area contributed by atoms with E-state index in [0.717, 1.165) is 43.7 Å². The molecule has 3 aromatic heterocycles.